The van der Waals surface area contributed by atoms with Crippen LogP contribution in [0.25, 0.3) is 0 Å². The molecule has 1 fully saturated rings. The lowest BCUT2D eigenvalue weighted by Gasteiger charge is -2.35. The number of rotatable bonds is 7. The number of nitro benzene ring substituents is 1. The molecule has 2 rings (SSSR count). The normalized spacial score (nSPS) is 14.6. The molecule has 0 unspecified atom stereocenters. The van der Waals surface area contributed by atoms with Gasteiger partial charge in [0.05, 0.1) is 11.5 Å². The molecule has 0 spiro atoms. The van der Waals surface area contributed by atoms with Crippen molar-refractivity contribution >= 4 is 23.6 Å². The van der Waals surface area contributed by atoms with Crippen LogP contribution in [-0.4, -0.2) is 84.0 Å². The number of piperazine rings is 1. The van der Waals surface area contributed by atoms with Gasteiger partial charge < -0.3 is 20.3 Å². The average Bonchev–Trinajstić information content (AvgIpc) is 2.71. The van der Waals surface area contributed by atoms with E-state index in [1.54, 1.807) is 4.90 Å². The third-order valence-corrected chi connectivity index (χ3v) is 4.50. The van der Waals surface area contributed by atoms with E-state index in [4.69, 9.17) is 4.74 Å². The van der Waals surface area contributed by atoms with Crippen molar-refractivity contribution in [1.82, 2.24) is 20.4 Å². The fourth-order valence-electron chi connectivity index (χ4n) is 2.92. The van der Waals surface area contributed by atoms with Gasteiger partial charge in [-0.3, -0.25) is 24.6 Å². The summed E-state index contributed by atoms with van der Waals surface area (Å²) in [5.41, 5.74) is -0.600. The summed E-state index contributed by atoms with van der Waals surface area (Å²) in [6, 6.07) is 5.30. The van der Waals surface area contributed by atoms with E-state index in [-0.39, 0.29) is 29.8 Å². The first kappa shape index (κ1) is 24.1. The van der Waals surface area contributed by atoms with Crippen molar-refractivity contribution in [3.8, 4) is 0 Å². The van der Waals surface area contributed by atoms with Crippen LogP contribution in [0.5, 0.6) is 0 Å². The first-order valence-electron chi connectivity index (χ1n) is 10.0. The van der Waals surface area contributed by atoms with Crippen LogP contribution in [0.1, 0.15) is 31.1 Å². The fraction of sp³-hybridized carbons (Fsp3) is 0.550. The minimum absolute atomic E-state index is 0.116. The minimum atomic E-state index is -0.586. The van der Waals surface area contributed by atoms with Crippen LogP contribution < -0.4 is 10.6 Å². The van der Waals surface area contributed by atoms with Gasteiger partial charge in [0.15, 0.2) is 0 Å². The maximum atomic E-state index is 12.1. The van der Waals surface area contributed by atoms with Crippen molar-refractivity contribution < 1.29 is 24.0 Å². The minimum Gasteiger partial charge on any atom is -0.444 e. The number of carbonyl (C=O) groups excluding carboxylic acids is 3. The lowest BCUT2D eigenvalue weighted by atomic mass is 10.2. The Balaban J connectivity index is 1.64. The van der Waals surface area contributed by atoms with E-state index in [1.165, 1.54) is 18.2 Å². The molecule has 1 saturated heterocycles. The van der Waals surface area contributed by atoms with Gasteiger partial charge in [0, 0.05) is 57.0 Å². The van der Waals surface area contributed by atoms with Crippen molar-refractivity contribution in [1.29, 1.82) is 0 Å². The van der Waals surface area contributed by atoms with E-state index in [1.807, 2.05) is 20.8 Å². The molecule has 2 N–H and O–H groups in total. The number of nitro groups is 1. The molecular formula is C20H29N5O6. The fourth-order valence-corrected chi connectivity index (χ4v) is 2.92. The number of hydrogen-bond donors (Lipinski definition) is 2. The number of ether oxygens (including phenoxy) is 1. The molecule has 11 nitrogen and oxygen atoms in total. The van der Waals surface area contributed by atoms with Gasteiger partial charge >= 0.3 is 6.09 Å². The highest BCUT2D eigenvalue weighted by molar-refractivity contribution is 5.96. The SMILES string of the molecule is CC(C)(C)OC(=O)N1CCN(CCNC(=O)CNC(=O)c2cccc([N+](=O)[O-])c2)CC1. The summed E-state index contributed by atoms with van der Waals surface area (Å²) < 4.78 is 5.37. The van der Waals surface area contributed by atoms with Crippen molar-refractivity contribution in [3.63, 3.8) is 0 Å². The van der Waals surface area contributed by atoms with Gasteiger partial charge in [-0.15, -0.1) is 0 Å². The number of hydrogen-bond acceptors (Lipinski definition) is 7. The highest BCUT2D eigenvalue weighted by atomic mass is 16.6. The molecule has 0 radical (unpaired) electrons. The summed E-state index contributed by atoms with van der Waals surface area (Å²) in [6.45, 7) is 8.75. The molecule has 0 atom stereocenters. The second kappa shape index (κ2) is 10.7. The number of amides is 3. The van der Waals surface area contributed by atoms with E-state index in [0.717, 1.165) is 6.07 Å². The number of non-ortho nitro benzene ring substituents is 1. The molecule has 11 heteroatoms. The lowest BCUT2D eigenvalue weighted by Crippen LogP contribution is -2.51. The quantitative estimate of drug-likeness (QED) is 0.482. The van der Waals surface area contributed by atoms with Crippen molar-refractivity contribution in [2.24, 2.45) is 0 Å². The van der Waals surface area contributed by atoms with Gasteiger partial charge in [-0.05, 0) is 26.8 Å². The zero-order valence-corrected chi connectivity index (χ0v) is 18.1. The molecule has 1 aromatic carbocycles. The standard InChI is InChI=1S/C20H29N5O6/c1-20(2,3)31-19(28)24-11-9-23(10-12-24)8-7-21-17(26)14-22-18(27)15-5-4-6-16(13-15)25(29)30/h4-6,13H,7-12,14H2,1-3H3,(H,21,26)(H,22,27). The molecule has 3 amide bonds. The van der Waals surface area contributed by atoms with Crippen LogP contribution in [0.4, 0.5) is 10.5 Å². The Labute approximate surface area is 180 Å². The molecule has 1 aromatic rings. The zero-order valence-electron chi connectivity index (χ0n) is 18.1. The van der Waals surface area contributed by atoms with Crippen molar-refractivity contribution in [3.05, 3.63) is 39.9 Å². The molecule has 1 aliphatic rings. The summed E-state index contributed by atoms with van der Waals surface area (Å²) in [4.78, 5) is 50.1. The lowest BCUT2D eigenvalue weighted by molar-refractivity contribution is -0.384. The molecule has 0 bridgehead atoms. The maximum Gasteiger partial charge on any atom is 0.410 e. The van der Waals surface area contributed by atoms with Crippen LogP contribution in [0.15, 0.2) is 24.3 Å². The van der Waals surface area contributed by atoms with Crippen molar-refractivity contribution in [2.45, 2.75) is 26.4 Å². The highest BCUT2D eigenvalue weighted by Crippen LogP contribution is 2.13. The van der Waals surface area contributed by atoms with E-state index in [2.05, 4.69) is 15.5 Å². The summed E-state index contributed by atoms with van der Waals surface area (Å²) in [5, 5.41) is 15.9. The predicted molar refractivity (Wildman–Crippen MR) is 113 cm³/mol. The summed E-state index contributed by atoms with van der Waals surface area (Å²) >= 11 is 0. The maximum absolute atomic E-state index is 12.1. The molecule has 0 aromatic heterocycles. The van der Waals surface area contributed by atoms with Gasteiger partial charge in [-0.2, -0.15) is 0 Å². The third kappa shape index (κ3) is 8.21. The van der Waals surface area contributed by atoms with Crippen molar-refractivity contribution in [2.75, 3.05) is 45.8 Å². The Kier molecular flexibility index (Phi) is 8.31. The zero-order chi connectivity index (χ0) is 23.0. The monoisotopic (exact) mass is 435 g/mol. The van der Waals surface area contributed by atoms with Gasteiger partial charge in [-0.25, -0.2) is 4.79 Å². The van der Waals surface area contributed by atoms with Crippen LogP contribution in [0.3, 0.4) is 0 Å². The summed E-state index contributed by atoms with van der Waals surface area (Å²) in [5.74, 6) is -0.914. The van der Waals surface area contributed by atoms with E-state index in [0.29, 0.717) is 39.3 Å². The van der Waals surface area contributed by atoms with E-state index >= 15 is 0 Å². The Morgan fingerprint density at radius 2 is 1.81 bits per heavy atom. The molecular weight excluding hydrogens is 406 g/mol. The van der Waals surface area contributed by atoms with Gasteiger partial charge in [-0.1, -0.05) is 6.07 Å². The van der Waals surface area contributed by atoms with Gasteiger partial charge in [0.1, 0.15) is 5.60 Å². The topological polar surface area (TPSA) is 134 Å². The highest BCUT2D eigenvalue weighted by Gasteiger charge is 2.25. The predicted octanol–water partition coefficient (Wildman–Crippen LogP) is 0.994. The van der Waals surface area contributed by atoms with Gasteiger partial charge in [0.25, 0.3) is 11.6 Å². The molecule has 31 heavy (non-hydrogen) atoms. The molecule has 170 valence electrons. The molecule has 0 saturated carbocycles. The van der Waals surface area contributed by atoms with Crippen LogP contribution in [-0.2, 0) is 9.53 Å². The first-order valence-corrected chi connectivity index (χ1v) is 10.0. The van der Waals surface area contributed by atoms with Crippen LogP contribution in [0, 0.1) is 10.1 Å². The second-order valence-corrected chi connectivity index (χ2v) is 8.15. The molecule has 1 aliphatic heterocycles. The Morgan fingerprint density at radius 1 is 1.13 bits per heavy atom. The molecule has 1 heterocycles. The Hall–Kier alpha value is -3.21. The van der Waals surface area contributed by atoms with Gasteiger partial charge in [0.2, 0.25) is 5.91 Å². The number of nitrogens with zero attached hydrogens (tertiary/aromatic N) is 3. The third-order valence-electron chi connectivity index (χ3n) is 4.50. The number of carbonyl (C=O) groups is 3. The summed E-state index contributed by atoms with van der Waals surface area (Å²) in [6.07, 6.45) is -0.319. The Morgan fingerprint density at radius 3 is 2.42 bits per heavy atom. The number of benzene rings is 1. The largest absolute Gasteiger partial charge is 0.444 e. The van der Waals surface area contributed by atoms with E-state index < -0.39 is 16.4 Å². The van der Waals surface area contributed by atoms with Crippen LogP contribution in [0.2, 0.25) is 0 Å². The smallest absolute Gasteiger partial charge is 0.410 e. The average molecular weight is 435 g/mol. The summed E-state index contributed by atoms with van der Waals surface area (Å²) in [7, 11) is 0. The Bertz CT molecular complexity index is 815. The molecule has 0 aliphatic carbocycles. The number of nitrogens with one attached hydrogen (secondary N) is 2. The van der Waals surface area contributed by atoms with Crippen LogP contribution >= 0.6 is 0 Å². The van der Waals surface area contributed by atoms with E-state index in [9.17, 15) is 24.5 Å². The first-order chi connectivity index (χ1) is 14.5. The second-order valence-electron chi connectivity index (χ2n) is 8.15.